The number of ether oxygens (including phenoxy) is 1. The SMILES string of the molecule is COc1ccc(Cl)cc1NC(=O)c1cc(Cl)sc1Cl. The lowest BCUT2D eigenvalue weighted by Gasteiger charge is -2.10. The van der Waals surface area contributed by atoms with Gasteiger partial charge in [-0.3, -0.25) is 4.79 Å². The third-order valence-corrected chi connectivity index (χ3v) is 4.03. The van der Waals surface area contributed by atoms with Crippen molar-refractivity contribution in [2.45, 2.75) is 0 Å². The molecule has 0 bridgehead atoms. The lowest BCUT2D eigenvalue weighted by atomic mass is 10.2. The molecule has 1 heterocycles. The molecule has 1 amide bonds. The molecule has 1 aromatic heterocycles. The van der Waals surface area contributed by atoms with Gasteiger partial charge in [-0.25, -0.2) is 0 Å². The van der Waals surface area contributed by atoms with Gasteiger partial charge < -0.3 is 10.1 Å². The zero-order valence-corrected chi connectivity index (χ0v) is 12.8. The summed E-state index contributed by atoms with van der Waals surface area (Å²) >= 11 is 18.8. The number of methoxy groups -OCH3 is 1. The van der Waals surface area contributed by atoms with Crippen LogP contribution in [0.15, 0.2) is 24.3 Å². The van der Waals surface area contributed by atoms with Crippen molar-refractivity contribution in [2.24, 2.45) is 0 Å². The van der Waals surface area contributed by atoms with E-state index in [4.69, 9.17) is 39.5 Å². The topological polar surface area (TPSA) is 38.3 Å². The quantitative estimate of drug-likeness (QED) is 0.859. The third-order valence-electron chi connectivity index (χ3n) is 2.31. The van der Waals surface area contributed by atoms with E-state index >= 15 is 0 Å². The average molecular weight is 337 g/mol. The van der Waals surface area contributed by atoms with Crippen LogP contribution >= 0.6 is 46.1 Å². The standard InChI is InChI=1S/C12H8Cl3NO2S/c1-18-9-3-2-6(13)4-8(9)16-12(17)7-5-10(14)19-11(7)15/h2-5H,1H3,(H,16,17). The number of carbonyl (C=O) groups is 1. The molecular weight excluding hydrogens is 329 g/mol. The molecule has 0 aliphatic carbocycles. The van der Waals surface area contributed by atoms with Crippen molar-refractivity contribution in [3.8, 4) is 5.75 Å². The van der Waals surface area contributed by atoms with Crippen molar-refractivity contribution in [1.82, 2.24) is 0 Å². The number of hydrogen-bond donors (Lipinski definition) is 1. The molecule has 0 saturated heterocycles. The molecule has 2 aromatic rings. The van der Waals surface area contributed by atoms with E-state index in [1.165, 1.54) is 13.2 Å². The average Bonchev–Trinajstić information content (AvgIpc) is 2.69. The Hall–Kier alpha value is -0.940. The zero-order chi connectivity index (χ0) is 14.0. The minimum atomic E-state index is -0.367. The van der Waals surface area contributed by atoms with Gasteiger partial charge in [-0.1, -0.05) is 34.8 Å². The fourth-order valence-electron chi connectivity index (χ4n) is 1.46. The number of benzene rings is 1. The number of nitrogens with one attached hydrogen (secondary N) is 1. The normalized spacial score (nSPS) is 10.3. The van der Waals surface area contributed by atoms with Crippen molar-refractivity contribution in [2.75, 3.05) is 12.4 Å². The molecule has 1 aromatic carbocycles. The Labute approximate surface area is 129 Å². The third kappa shape index (κ3) is 3.34. The molecule has 0 radical (unpaired) electrons. The predicted octanol–water partition coefficient (Wildman–Crippen LogP) is 4.97. The second-order valence-corrected chi connectivity index (χ2v) is 6.26. The van der Waals surface area contributed by atoms with Crippen LogP contribution in [0.25, 0.3) is 0 Å². The molecule has 3 nitrogen and oxygen atoms in total. The summed E-state index contributed by atoms with van der Waals surface area (Å²) < 4.78 is 5.93. The van der Waals surface area contributed by atoms with Crippen LogP contribution < -0.4 is 10.1 Å². The second-order valence-electron chi connectivity index (χ2n) is 3.54. The summed E-state index contributed by atoms with van der Waals surface area (Å²) in [5.74, 6) is 0.143. The second kappa shape index (κ2) is 6.01. The summed E-state index contributed by atoms with van der Waals surface area (Å²) in [7, 11) is 1.51. The number of amides is 1. The molecule has 0 atom stereocenters. The fraction of sp³-hybridized carbons (Fsp3) is 0.0833. The monoisotopic (exact) mass is 335 g/mol. The highest BCUT2D eigenvalue weighted by Crippen LogP contribution is 2.33. The highest BCUT2D eigenvalue weighted by atomic mass is 35.5. The summed E-state index contributed by atoms with van der Waals surface area (Å²) in [6.07, 6.45) is 0. The summed E-state index contributed by atoms with van der Waals surface area (Å²) in [4.78, 5) is 12.1. The van der Waals surface area contributed by atoms with Crippen molar-refractivity contribution in [3.63, 3.8) is 0 Å². The van der Waals surface area contributed by atoms with E-state index in [9.17, 15) is 4.79 Å². The number of anilines is 1. The van der Waals surface area contributed by atoms with Gasteiger partial charge in [-0.05, 0) is 24.3 Å². The maximum absolute atomic E-state index is 12.1. The Morgan fingerprint density at radius 3 is 2.58 bits per heavy atom. The van der Waals surface area contributed by atoms with Crippen molar-refractivity contribution in [3.05, 3.63) is 43.5 Å². The Bertz CT molecular complexity index is 627. The summed E-state index contributed by atoms with van der Waals surface area (Å²) in [6, 6.07) is 6.45. The maximum atomic E-state index is 12.1. The number of hydrogen-bond acceptors (Lipinski definition) is 3. The molecule has 19 heavy (non-hydrogen) atoms. The lowest BCUT2D eigenvalue weighted by Crippen LogP contribution is -2.12. The van der Waals surface area contributed by atoms with Gasteiger partial charge in [0.15, 0.2) is 0 Å². The highest BCUT2D eigenvalue weighted by molar-refractivity contribution is 7.20. The first kappa shape index (κ1) is 14.5. The Kier molecular flexibility index (Phi) is 4.58. The van der Waals surface area contributed by atoms with Gasteiger partial charge in [-0.2, -0.15) is 0 Å². The van der Waals surface area contributed by atoms with Gasteiger partial charge >= 0.3 is 0 Å². The van der Waals surface area contributed by atoms with E-state index in [2.05, 4.69) is 5.32 Å². The number of carbonyl (C=O) groups excluding carboxylic acids is 1. The van der Waals surface area contributed by atoms with Gasteiger partial charge in [0.05, 0.1) is 22.7 Å². The van der Waals surface area contributed by atoms with Crippen LogP contribution in [0.3, 0.4) is 0 Å². The molecule has 0 saturated carbocycles. The first-order valence-corrected chi connectivity index (χ1v) is 7.06. The number of halogens is 3. The summed E-state index contributed by atoms with van der Waals surface area (Å²) in [6.45, 7) is 0. The number of thiophene rings is 1. The summed E-state index contributed by atoms with van der Waals surface area (Å²) in [5.41, 5.74) is 0.789. The first-order valence-electron chi connectivity index (χ1n) is 5.11. The van der Waals surface area contributed by atoms with Gasteiger partial charge in [0.1, 0.15) is 10.1 Å². The van der Waals surface area contributed by atoms with Gasteiger partial charge in [0.2, 0.25) is 0 Å². The van der Waals surface area contributed by atoms with Crippen LogP contribution in [0.2, 0.25) is 13.7 Å². The van der Waals surface area contributed by atoms with Crippen LogP contribution in [0.1, 0.15) is 10.4 Å². The molecule has 0 aliphatic rings. The summed E-state index contributed by atoms with van der Waals surface area (Å²) in [5, 5.41) is 3.18. The Morgan fingerprint density at radius 1 is 1.26 bits per heavy atom. The van der Waals surface area contributed by atoms with E-state index < -0.39 is 0 Å². The van der Waals surface area contributed by atoms with E-state index in [0.717, 1.165) is 11.3 Å². The molecule has 100 valence electrons. The molecule has 2 rings (SSSR count). The van der Waals surface area contributed by atoms with Crippen LogP contribution in [0.5, 0.6) is 5.75 Å². The smallest absolute Gasteiger partial charge is 0.258 e. The molecule has 7 heteroatoms. The van der Waals surface area contributed by atoms with Crippen LogP contribution in [-0.4, -0.2) is 13.0 Å². The van der Waals surface area contributed by atoms with Crippen LogP contribution in [0.4, 0.5) is 5.69 Å². The minimum absolute atomic E-state index is 0.318. The van der Waals surface area contributed by atoms with Crippen molar-refractivity contribution in [1.29, 1.82) is 0 Å². The van der Waals surface area contributed by atoms with E-state index in [-0.39, 0.29) is 5.91 Å². The molecule has 0 fully saturated rings. The minimum Gasteiger partial charge on any atom is -0.495 e. The molecule has 0 aliphatic heterocycles. The van der Waals surface area contributed by atoms with Crippen LogP contribution in [0, 0.1) is 0 Å². The Balaban J connectivity index is 2.28. The Morgan fingerprint density at radius 2 is 2.00 bits per heavy atom. The maximum Gasteiger partial charge on any atom is 0.258 e. The van der Waals surface area contributed by atoms with E-state index in [1.54, 1.807) is 18.2 Å². The zero-order valence-electron chi connectivity index (χ0n) is 9.67. The fourth-order valence-corrected chi connectivity index (χ4v) is 3.09. The van der Waals surface area contributed by atoms with Gasteiger partial charge in [-0.15, -0.1) is 11.3 Å². The highest BCUT2D eigenvalue weighted by Gasteiger charge is 2.16. The molecule has 0 spiro atoms. The first-order chi connectivity index (χ1) is 9.01. The van der Waals surface area contributed by atoms with Gasteiger partial charge in [0.25, 0.3) is 5.91 Å². The molecule has 1 N–H and O–H groups in total. The molecule has 0 unspecified atom stereocenters. The predicted molar refractivity (Wildman–Crippen MR) is 80.3 cm³/mol. The van der Waals surface area contributed by atoms with Gasteiger partial charge in [0, 0.05) is 5.02 Å². The number of rotatable bonds is 3. The van der Waals surface area contributed by atoms with E-state index in [1.807, 2.05) is 0 Å². The van der Waals surface area contributed by atoms with Crippen molar-refractivity contribution < 1.29 is 9.53 Å². The largest absolute Gasteiger partial charge is 0.495 e. The van der Waals surface area contributed by atoms with E-state index in [0.29, 0.717) is 30.7 Å². The van der Waals surface area contributed by atoms with Crippen molar-refractivity contribution >= 4 is 57.7 Å². The molecular formula is C12H8Cl3NO2S. The lowest BCUT2D eigenvalue weighted by molar-refractivity contribution is 0.102. The van der Waals surface area contributed by atoms with Crippen LogP contribution in [-0.2, 0) is 0 Å².